The van der Waals surface area contributed by atoms with E-state index in [1.165, 1.54) is 24.3 Å². The topological polar surface area (TPSA) is 103 Å². The van der Waals surface area contributed by atoms with E-state index in [9.17, 15) is 12.8 Å². The van der Waals surface area contributed by atoms with E-state index in [0.717, 1.165) is 57.2 Å². The molecule has 0 aliphatic carbocycles. The number of fused-ring (bicyclic) bond motifs is 2. The fourth-order valence-corrected chi connectivity index (χ4v) is 5.60. The van der Waals surface area contributed by atoms with Crippen molar-refractivity contribution in [1.82, 2.24) is 14.8 Å². The Morgan fingerprint density at radius 1 is 1.03 bits per heavy atom. The quantitative estimate of drug-likeness (QED) is 0.376. The fourth-order valence-electron chi connectivity index (χ4n) is 5.08. The summed E-state index contributed by atoms with van der Waals surface area (Å²) in [5.74, 6) is -0.0977. The van der Waals surface area contributed by atoms with E-state index in [4.69, 9.17) is 9.88 Å². The van der Waals surface area contributed by atoms with Crippen LogP contribution in [0.25, 0.3) is 38.6 Å². The van der Waals surface area contributed by atoms with E-state index in [0.29, 0.717) is 13.2 Å². The smallest absolute Gasteiger partial charge is 0.238 e. The minimum absolute atomic E-state index is 0.0621. The number of benzene rings is 3. The number of nitrogens with zero attached hydrogens (tertiary/aromatic N) is 2. The van der Waals surface area contributed by atoms with Crippen LogP contribution in [0.4, 0.5) is 4.39 Å². The van der Waals surface area contributed by atoms with Gasteiger partial charge in [0, 0.05) is 46.8 Å². The molecule has 0 saturated carbocycles. The maximum Gasteiger partial charge on any atom is 0.238 e. The number of rotatable bonds is 4. The van der Waals surface area contributed by atoms with Gasteiger partial charge in [-0.15, -0.1) is 0 Å². The second-order valence-corrected chi connectivity index (χ2v) is 10.4. The van der Waals surface area contributed by atoms with Crippen molar-refractivity contribution in [3.8, 4) is 16.8 Å². The van der Waals surface area contributed by atoms with Crippen molar-refractivity contribution in [3.63, 3.8) is 0 Å². The standard InChI is InChI=1S/C26H23FN4O3S/c27-19-3-5-20(6-4-19)31-24-13-18-15-29-30-23(18)14-22(24)25(26(31)17-9-11-34-12-10-17)16-1-7-21(8-2-16)35(28,32)33/h1-8,13-15,17H,9-12H2,(H,29,30)(H2,28,32,33). The molecule has 1 aliphatic heterocycles. The average molecular weight is 491 g/mol. The van der Waals surface area contributed by atoms with Crippen LogP contribution in [-0.2, 0) is 14.8 Å². The first-order valence-corrected chi connectivity index (χ1v) is 12.9. The minimum atomic E-state index is -3.81. The van der Waals surface area contributed by atoms with Gasteiger partial charge in [0.2, 0.25) is 10.0 Å². The molecule has 0 spiro atoms. The zero-order chi connectivity index (χ0) is 24.2. The second-order valence-electron chi connectivity index (χ2n) is 8.85. The normalized spacial score (nSPS) is 15.3. The van der Waals surface area contributed by atoms with Gasteiger partial charge < -0.3 is 9.30 Å². The molecular formula is C26H23FN4O3S. The number of hydrogen-bond acceptors (Lipinski definition) is 4. The molecule has 7 nitrogen and oxygen atoms in total. The molecule has 0 amide bonds. The summed E-state index contributed by atoms with van der Waals surface area (Å²) in [5.41, 5.74) is 5.71. The van der Waals surface area contributed by atoms with Gasteiger partial charge in [0.05, 0.1) is 22.1 Å². The van der Waals surface area contributed by atoms with Crippen molar-refractivity contribution < 1.29 is 17.5 Å². The number of aromatic amines is 1. The van der Waals surface area contributed by atoms with E-state index in [1.54, 1.807) is 30.5 Å². The molecule has 2 aromatic heterocycles. The number of nitrogens with two attached hydrogens (primary N) is 1. The third kappa shape index (κ3) is 3.81. The van der Waals surface area contributed by atoms with E-state index >= 15 is 0 Å². The van der Waals surface area contributed by atoms with Crippen LogP contribution in [0.1, 0.15) is 24.5 Å². The van der Waals surface area contributed by atoms with Crippen LogP contribution in [0.2, 0.25) is 0 Å². The summed E-state index contributed by atoms with van der Waals surface area (Å²) in [6, 6.07) is 17.3. The molecule has 0 bridgehead atoms. The second kappa shape index (κ2) is 8.30. The van der Waals surface area contributed by atoms with Crippen molar-refractivity contribution in [1.29, 1.82) is 0 Å². The van der Waals surface area contributed by atoms with Crippen LogP contribution >= 0.6 is 0 Å². The summed E-state index contributed by atoms with van der Waals surface area (Å²) in [6.07, 6.45) is 3.48. The SMILES string of the molecule is NS(=O)(=O)c1ccc(-c2c(C3CCOCC3)n(-c3ccc(F)cc3)c3cc4cn[nH]c4cc23)cc1. The van der Waals surface area contributed by atoms with Crippen LogP contribution in [0, 0.1) is 5.82 Å². The summed E-state index contributed by atoms with van der Waals surface area (Å²) in [6.45, 7) is 1.31. The highest BCUT2D eigenvalue weighted by atomic mass is 32.2. The Balaban J connectivity index is 1.71. The number of ether oxygens (including phenoxy) is 1. The van der Waals surface area contributed by atoms with E-state index in [1.807, 2.05) is 0 Å². The number of nitrogens with one attached hydrogen (secondary N) is 1. The summed E-state index contributed by atoms with van der Waals surface area (Å²) in [4.78, 5) is 0.0621. The van der Waals surface area contributed by atoms with Crippen molar-refractivity contribution in [2.24, 2.45) is 5.14 Å². The maximum atomic E-state index is 13.8. The summed E-state index contributed by atoms with van der Waals surface area (Å²) < 4.78 is 45.4. The van der Waals surface area contributed by atoms with Crippen molar-refractivity contribution in [2.45, 2.75) is 23.7 Å². The molecular weight excluding hydrogens is 467 g/mol. The van der Waals surface area contributed by atoms with Gasteiger partial charge in [-0.2, -0.15) is 5.10 Å². The van der Waals surface area contributed by atoms with Gasteiger partial charge >= 0.3 is 0 Å². The molecule has 6 rings (SSSR count). The van der Waals surface area contributed by atoms with Crippen molar-refractivity contribution in [2.75, 3.05) is 13.2 Å². The molecule has 35 heavy (non-hydrogen) atoms. The zero-order valence-electron chi connectivity index (χ0n) is 18.7. The number of primary sulfonamides is 1. The predicted octanol–water partition coefficient (Wildman–Crippen LogP) is 4.85. The molecule has 0 radical (unpaired) electrons. The van der Waals surface area contributed by atoms with Crippen LogP contribution < -0.4 is 5.14 Å². The van der Waals surface area contributed by atoms with Crippen molar-refractivity contribution in [3.05, 3.63) is 78.4 Å². The molecule has 0 atom stereocenters. The molecule has 5 aromatic rings. The first kappa shape index (κ1) is 22.0. The molecule has 1 saturated heterocycles. The van der Waals surface area contributed by atoms with Crippen LogP contribution in [0.15, 0.2) is 71.8 Å². The van der Waals surface area contributed by atoms with Gasteiger partial charge in [0.1, 0.15) is 5.82 Å². The monoisotopic (exact) mass is 490 g/mol. The Kier molecular flexibility index (Phi) is 5.21. The Hall–Kier alpha value is -3.53. The molecule has 178 valence electrons. The molecule has 9 heteroatoms. The lowest BCUT2D eigenvalue weighted by Crippen LogP contribution is -2.17. The lowest BCUT2D eigenvalue weighted by Gasteiger charge is -2.26. The predicted molar refractivity (Wildman–Crippen MR) is 132 cm³/mol. The average Bonchev–Trinajstić information content (AvgIpc) is 3.45. The maximum absolute atomic E-state index is 13.8. The summed E-state index contributed by atoms with van der Waals surface area (Å²) in [7, 11) is -3.81. The van der Waals surface area contributed by atoms with Gasteiger partial charge in [0.25, 0.3) is 0 Å². The van der Waals surface area contributed by atoms with Gasteiger partial charge in [-0.25, -0.2) is 17.9 Å². The number of aromatic nitrogens is 3. The molecule has 3 heterocycles. The first-order valence-electron chi connectivity index (χ1n) is 11.4. The Labute approximate surface area is 201 Å². The third-order valence-electron chi connectivity index (χ3n) is 6.73. The zero-order valence-corrected chi connectivity index (χ0v) is 19.6. The van der Waals surface area contributed by atoms with E-state index < -0.39 is 10.0 Å². The van der Waals surface area contributed by atoms with Gasteiger partial charge in [-0.05, 0) is 66.9 Å². The Morgan fingerprint density at radius 3 is 2.43 bits per heavy atom. The summed E-state index contributed by atoms with van der Waals surface area (Å²) in [5, 5.41) is 14.5. The van der Waals surface area contributed by atoms with Crippen LogP contribution in [0.3, 0.4) is 0 Å². The van der Waals surface area contributed by atoms with Gasteiger partial charge in [0.15, 0.2) is 0 Å². The fraction of sp³-hybridized carbons (Fsp3) is 0.192. The lowest BCUT2D eigenvalue weighted by atomic mass is 9.90. The number of H-pyrrole nitrogens is 1. The Morgan fingerprint density at radius 2 is 1.74 bits per heavy atom. The minimum Gasteiger partial charge on any atom is -0.381 e. The summed E-state index contributed by atoms with van der Waals surface area (Å²) >= 11 is 0. The van der Waals surface area contributed by atoms with Crippen LogP contribution in [-0.4, -0.2) is 36.4 Å². The van der Waals surface area contributed by atoms with E-state index in [-0.39, 0.29) is 16.6 Å². The largest absolute Gasteiger partial charge is 0.381 e. The molecule has 3 aromatic carbocycles. The highest BCUT2D eigenvalue weighted by Crippen LogP contribution is 2.44. The number of hydrogen-bond donors (Lipinski definition) is 2. The third-order valence-corrected chi connectivity index (χ3v) is 7.66. The molecule has 1 aliphatic rings. The number of halogens is 1. The highest BCUT2D eigenvalue weighted by Gasteiger charge is 2.28. The molecule has 0 unspecified atom stereocenters. The Bertz CT molecular complexity index is 1650. The van der Waals surface area contributed by atoms with Gasteiger partial charge in [-0.1, -0.05) is 12.1 Å². The first-order chi connectivity index (χ1) is 16.9. The van der Waals surface area contributed by atoms with Crippen LogP contribution in [0.5, 0.6) is 0 Å². The highest BCUT2D eigenvalue weighted by molar-refractivity contribution is 7.89. The lowest BCUT2D eigenvalue weighted by molar-refractivity contribution is 0.0843. The molecule has 1 fully saturated rings. The number of sulfonamides is 1. The van der Waals surface area contributed by atoms with E-state index in [2.05, 4.69) is 26.9 Å². The van der Waals surface area contributed by atoms with Gasteiger partial charge in [-0.3, -0.25) is 5.10 Å². The van der Waals surface area contributed by atoms with Crippen molar-refractivity contribution >= 4 is 31.8 Å². The molecule has 3 N–H and O–H groups in total.